The van der Waals surface area contributed by atoms with Crippen molar-refractivity contribution in [1.82, 2.24) is 0 Å². The molecule has 0 aromatic heterocycles. The number of carbonyl (C=O) groups is 1. The highest BCUT2D eigenvalue weighted by Gasteiger charge is 2.25. The first kappa shape index (κ1) is 17.3. The number of carbonyl (C=O) groups excluding carboxylic acids is 1. The Morgan fingerprint density at radius 3 is 2.56 bits per heavy atom. The largest absolute Gasteiger partial charge is 0.495 e. The average molecular weight is 360 g/mol. The molecule has 1 N–H and O–H groups in total. The number of nitrogens with one attached hydrogen (secondary N) is 1. The van der Waals surface area contributed by atoms with Crippen LogP contribution in [0.4, 0.5) is 11.4 Å². The minimum Gasteiger partial charge on any atom is -0.495 e. The lowest BCUT2D eigenvalue weighted by atomic mass is 10.2. The molecule has 2 aromatic rings. The fraction of sp³-hybridized carbons (Fsp3) is 0.278. The molecule has 0 radical (unpaired) electrons. The van der Waals surface area contributed by atoms with Crippen molar-refractivity contribution in [2.24, 2.45) is 0 Å². The lowest BCUT2D eigenvalue weighted by Crippen LogP contribution is -2.24. The molecule has 0 bridgehead atoms. The van der Waals surface area contributed by atoms with E-state index in [9.17, 15) is 13.2 Å². The van der Waals surface area contributed by atoms with Crippen molar-refractivity contribution in [3.63, 3.8) is 0 Å². The van der Waals surface area contributed by atoms with E-state index in [2.05, 4.69) is 4.72 Å². The number of aryl methyl sites for hydroxylation is 1. The van der Waals surface area contributed by atoms with Gasteiger partial charge in [0.25, 0.3) is 10.0 Å². The average Bonchev–Trinajstić information content (AvgIpc) is 3.00. The molecule has 1 fully saturated rings. The van der Waals surface area contributed by atoms with E-state index in [-0.39, 0.29) is 10.8 Å². The van der Waals surface area contributed by atoms with Gasteiger partial charge in [0.15, 0.2) is 0 Å². The van der Waals surface area contributed by atoms with Gasteiger partial charge < -0.3 is 9.64 Å². The van der Waals surface area contributed by atoms with Gasteiger partial charge in [0, 0.05) is 13.0 Å². The third-order valence-electron chi connectivity index (χ3n) is 4.18. The second-order valence-electron chi connectivity index (χ2n) is 5.91. The highest BCUT2D eigenvalue weighted by Crippen LogP contribution is 2.34. The predicted octanol–water partition coefficient (Wildman–Crippen LogP) is 2.93. The van der Waals surface area contributed by atoms with Crippen LogP contribution in [0.3, 0.4) is 0 Å². The molecule has 6 nitrogen and oxygen atoms in total. The molecule has 0 aliphatic carbocycles. The van der Waals surface area contributed by atoms with Crippen LogP contribution in [0.5, 0.6) is 5.75 Å². The van der Waals surface area contributed by atoms with Crippen molar-refractivity contribution in [2.75, 3.05) is 23.3 Å². The highest BCUT2D eigenvalue weighted by atomic mass is 32.2. The van der Waals surface area contributed by atoms with Gasteiger partial charge in [-0.05, 0) is 43.2 Å². The van der Waals surface area contributed by atoms with Gasteiger partial charge in [0.1, 0.15) is 5.75 Å². The molecule has 0 saturated carbocycles. The van der Waals surface area contributed by atoms with Crippen molar-refractivity contribution in [1.29, 1.82) is 0 Å². The molecule has 1 amide bonds. The van der Waals surface area contributed by atoms with Crippen molar-refractivity contribution in [2.45, 2.75) is 24.7 Å². The van der Waals surface area contributed by atoms with E-state index in [0.717, 1.165) is 6.42 Å². The number of sulfonamides is 1. The Morgan fingerprint density at radius 1 is 1.16 bits per heavy atom. The summed E-state index contributed by atoms with van der Waals surface area (Å²) in [6.07, 6.45) is 1.27. The zero-order valence-corrected chi connectivity index (χ0v) is 15.0. The summed E-state index contributed by atoms with van der Waals surface area (Å²) in [5.74, 6) is 0.548. The molecule has 1 aliphatic rings. The molecule has 7 heteroatoms. The van der Waals surface area contributed by atoms with E-state index in [4.69, 9.17) is 4.74 Å². The molecule has 3 rings (SSSR count). The fourth-order valence-corrected chi connectivity index (χ4v) is 4.23. The number of hydrogen-bond acceptors (Lipinski definition) is 4. The van der Waals surface area contributed by atoms with E-state index >= 15 is 0 Å². The number of benzene rings is 2. The Balaban J connectivity index is 1.96. The summed E-state index contributed by atoms with van der Waals surface area (Å²) in [4.78, 5) is 13.9. The maximum absolute atomic E-state index is 12.7. The summed E-state index contributed by atoms with van der Waals surface area (Å²) in [6.45, 7) is 2.35. The molecule has 1 aliphatic heterocycles. The molecule has 25 heavy (non-hydrogen) atoms. The van der Waals surface area contributed by atoms with Crippen molar-refractivity contribution >= 4 is 27.3 Å². The summed E-state index contributed by atoms with van der Waals surface area (Å²) in [5, 5.41) is 0. The Kier molecular flexibility index (Phi) is 4.67. The molecule has 0 atom stereocenters. The van der Waals surface area contributed by atoms with Crippen LogP contribution >= 0.6 is 0 Å². The molecule has 0 spiro atoms. The van der Waals surface area contributed by atoms with Gasteiger partial charge in [-0.15, -0.1) is 0 Å². The molecular formula is C18H20N2O4S. The molecule has 1 saturated heterocycles. The monoisotopic (exact) mass is 360 g/mol. The van der Waals surface area contributed by atoms with Gasteiger partial charge in [-0.2, -0.15) is 0 Å². The topological polar surface area (TPSA) is 75.7 Å². The van der Waals surface area contributed by atoms with Crippen LogP contribution < -0.4 is 14.4 Å². The first-order chi connectivity index (χ1) is 11.9. The smallest absolute Gasteiger partial charge is 0.262 e. The maximum Gasteiger partial charge on any atom is 0.262 e. The molecule has 0 unspecified atom stereocenters. The van der Waals surface area contributed by atoms with Gasteiger partial charge in [0.05, 0.1) is 23.4 Å². The van der Waals surface area contributed by atoms with Gasteiger partial charge in [-0.3, -0.25) is 9.52 Å². The van der Waals surface area contributed by atoms with Gasteiger partial charge in [0.2, 0.25) is 5.91 Å². The van der Waals surface area contributed by atoms with E-state index in [1.54, 1.807) is 54.3 Å². The summed E-state index contributed by atoms with van der Waals surface area (Å²) in [7, 11) is -2.19. The van der Waals surface area contributed by atoms with Crippen molar-refractivity contribution in [3.05, 3.63) is 48.0 Å². The Hall–Kier alpha value is -2.54. The van der Waals surface area contributed by atoms with E-state index < -0.39 is 10.0 Å². The summed E-state index contributed by atoms with van der Waals surface area (Å²) in [6, 6.07) is 11.7. The zero-order chi connectivity index (χ0) is 18.0. The minimum absolute atomic E-state index is 0.0113. The second-order valence-corrected chi connectivity index (χ2v) is 7.56. The van der Waals surface area contributed by atoms with Gasteiger partial charge >= 0.3 is 0 Å². The number of nitrogens with zero attached hydrogens (tertiary/aromatic N) is 1. The van der Waals surface area contributed by atoms with Crippen LogP contribution in [0.2, 0.25) is 0 Å². The van der Waals surface area contributed by atoms with E-state index in [1.807, 2.05) is 0 Å². The fourth-order valence-electron chi connectivity index (χ4n) is 2.94. The number of methoxy groups -OCH3 is 1. The number of ether oxygens (including phenoxy) is 1. The molecule has 1 heterocycles. The summed E-state index contributed by atoms with van der Waals surface area (Å²) < 4.78 is 33.2. The quantitative estimate of drug-likeness (QED) is 0.889. The number of hydrogen-bond donors (Lipinski definition) is 1. The first-order valence-electron chi connectivity index (χ1n) is 7.99. The molecule has 2 aromatic carbocycles. The zero-order valence-electron chi connectivity index (χ0n) is 14.2. The van der Waals surface area contributed by atoms with Crippen molar-refractivity contribution < 1.29 is 17.9 Å². The summed E-state index contributed by atoms with van der Waals surface area (Å²) >= 11 is 0. The first-order valence-corrected chi connectivity index (χ1v) is 9.47. The van der Waals surface area contributed by atoms with Crippen LogP contribution in [0, 0.1) is 6.92 Å². The molecular weight excluding hydrogens is 340 g/mol. The van der Waals surface area contributed by atoms with E-state index in [1.165, 1.54) is 7.11 Å². The van der Waals surface area contributed by atoms with Crippen LogP contribution in [0.1, 0.15) is 18.4 Å². The predicted molar refractivity (Wildman–Crippen MR) is 96.6 cm³/mol. The lowest BCUT2D eigenvalue weighted by molar-refractivity contribution is -0.117. The van der Waals surface area contributed by atoms with Crippen LogP contribution in [-0.4, -0.2) is 28.0 Å². The summed E-state index contributed by atoms with van der Waals surface area (Å²) in [5.41, 5.74) is 1.63. The van der Waals surface area contributed by atoms with Gasteiger partial charge in [-0.25, -0.2) is 8.42 Å². The third-order valence-corrected chi connectivity index (χ3v) is 5.72. The van der Waals surface area contributed by atoms with Crippen molar-refractivity contribution in [3.8, 4) is 5.75 Å². The van der Waals surface area contributed by atoms with Gasteiger partial charge in [-0.1, -0.05) is 18.2 Å². The normalized spacial score (nSPS) is 14.6. The van der Waals surface area contributed by atoms with E-state index in [0.29, 0.717) is 35.7 Å². The number of amides is 1. The van der Waals surface area contributed by atoms with Crippen LogP contribution in [0.25, 0.3) is 0 Å². The lowest BCUT2D eigenvalue weighted by Gasteiger charge is -2.20. The third kappa shape index (κ3) is 3.46. The Labute approximate surface area is 147 Å². The maximum atomic E-state index is 12.7. The Bertz CT molecular complexity index is 909. The Morgan fingerprint density at radius 2 is 1.92 bits per heavy atom. The standard InChI is InChI=1S/C18H20N2O4S/c1-13-6-3-4-7-17(13)25(22,23)19-14-9-10-16(24-2)15(12-14)20-11-5-8-18(20)21/h3-4,6-7,9-10,12,19H,5,8,11H2,1-2H3. The highest BCUT2D eigenvalue weighted by molar-refractivity contribution is 7.92. The number of anilines is 2. The second kappa shape index (κ2) is 6.76. The SMILES string of the molecule is COc1ccc(NS(=O)(=O)c2ccccc2C)cc1N1CCCC1=O. The molecule has 132 valence electrons. The number of rotatable bonds is 5. The minimum atomic E-state index is -3.71. The van der Waals surface area contributed by atoms with Crippen LogP contribution in [-0.2, 0) is 14.8 Å². The van der Waals surface area contributed by atoms with Crippen LogP contribution in [0.15, 0.2) is 47.4 Å².